The fourth-order valence-corrected chi connectivity index (χ4v) is 3.88. The van der Waals surface area contributed by atoms with Crippen LogP contribution in [0.2, 0.25) is 0 Å². The minimum absolute atomic E-state index is 0. The van der Waals surface area contributed by atoms with Crippen molar-refractivity contribution in [3.63, 3.8) is 0 Å². The number of nitrogens with zero attached hydrogens (tertiary/aromatic N) is 1. The highest BCUT2D eigenvalue weighted by Gasteiger charge is 2.14. The van der Waals surface area contributed by atoms with Crippen LogP contribution < -0.4 is 12.4 Å². The summed E-state index contributed by atoms with van der Waals surface area (Å²) in [5.74, 6) is 0. The second-order valence-corrected chi connectivity index (χ2v) is 10.8. The molecule has 0 aliphatic carbocycles. The molecule has 0 saturated carbocycles. The third kappa shape index (κ3) is 28.3. The molecule has 208 valence electrons. The molecule has 0 rings (SSSR count). The fourth-order valence-electron chi connectivity index (χ4n) is 3.88. The molecule has 0 heterocycles. The Balaban J connectivity index is 0. The van der Waals surface area contributed by atoms with E-state index in [1.54, 1.807) is 0 Å². The molecule has 0 radical (unpaired) electrons. The zero-order valence-electron chi connectivity index (χ0n) is 23.5. The number of aliphatic hydroxyl groups is 1. The number of hydrogen-bond donors (Lipinski definition) is 1. The first-order valence-electron chi connectivity index (χ1n) is 14.1. The lowest BCUT2D eigenvalue weighted by atomic mass is 10.0. The van der Waals surface area contributed by atoms with E-state index in [4.69, 9.17) is 14.2 Å². The number of aliphatic hydroxyl groups excluding tert-OH is 1. The van der Waals surface area contributed by atoms with Crippen LogP contribution in [0.15, 0.2) is 0 Å². The number of unbranched alkanes of at least 4 members (excludes halogenated alkanes) is 12. The maximum absolute atomic E-state index is 10.0. The largest absolute Gasteiger partial charge is 1.00 e. The lowest BCUT2D eigenvalue weighted by molar-refractivity contribution is -0.870. The van der Waals surface area contributed by atoms with E-state index in [0.717, 1.165) is 36.9 Å². The molecule has 0 spiro atoms. The van der Waals surface area contributed by atoms with Crippen molar-refractivity contribution in [2.24, 2.45) is 0 Å². The molecule has 0 aliphatic rings. The van der Waals surface area contributed by atoms with Crippen LogP contribution in [0.5, 0.6) is 0 Å². The van der Waals surface area contributed by atoms with E-state index >= 15 is 0 Å². The van der Waals surface area contributed by atoms with Crippen LogP contribution in [0.1, 0.15) is 110 Å². The molecule has 1 N–H and O–H groups in total. The number of hydrogen-bond acceptors (Lipinski definition) is 4. The highest BCUT2D eigenvalue weighted by atomic mass is 35.5. The Labute approximate surface area is 219 Å². The van der Waals surface area contributed by atoms with E-state index in [2.05, 4.69) is 28.1 Å². The number of halogens is 1. The first-order valence-corrected chi connectivity index (χ1v) is 14.1. The molecule has 2 unspecified atom stereocenters. The van der Waals surface area contributed by atoms with E-state index in [0.29, 0.717) is 26.4 Å². The molecule has 5 nitrogen and oxygen atoms in total. The van der Waals surface area contributed by atoms with Crippen LogP contribution in [-0.2, 0) is 14.2 Å². The van der Waals surface area contributed by atoms with Crippen molar-refractivity contribution in [1.29, 1.82) is 0 Å². The summed E-state index contributed by atoms with van der Waals surface area (Å²) in [7, 11) is 6.50. The van der Waals surface area contributed by atoms with E-state index < -0.39 is 6.10 Å². The number of likely N-dealkylation sites (N-methyl/N-ethyl adjacent to an activating group) is 1. The summed E-state index contributed by atoms with van der Waals surface area (Å²) in [6.45, 7) is 8.52. The first kappa shape index (κ1) is 36.2. The SMILES string of the molecule is CCCCCCCCCCCCCCCC(OCCCOCCOCC[N+](C)(C)C)C(C)O.[Cl-]. The van der Waals surface area contributed by atoms with Crippen LogP contribution in [0, 0.1) is 0 Å². The second kappa shape index (κ2) is 26.2. The summed E-state index contributed by atoms with van der Waals surface area (Å²) in [6.07, 6.45) is 19.1. The normalized spacial score (nSPS) is 13.6. The predicted octanol–water partition coefficient (Wildman–Crippen LogP) is 3.37. The summed E-state index contributed by atoms with van der Waals surface area (Å²) in [6, 6.07) is 0. The van der Waals surface area contributed by atoms with Gasteiger partial charge in [0.2, 0.25) is 0 Å². The number of quaternary nitrogens is 1. The Morgan fingerprint density at radius 3 is 1.56 bits per heavy atom. The summed E-state index contributed by atoms with van der Waals surface area (Å²) in [5.41, 5.74) is 0. The van der Waals surface area contributed by atoms with Crippen LogP contribution in [0.25, 0.3) is 0 Å². The Morgan fingerprint density at radius 1 is 0.618 bits per heavy atom. The third-order valence-corrected chi connectivity index (χ3v) is 6.17. The van der Waals surface area contributed by atoms with Crippen molar-refractivity contribution in [3.05, 3.63) is 0 Å². The average molecular weight is 510 g/mol. The van der Waals surface area contributed by atoms with Crippen molar-refractivity contribution in [3.8, 4) is 0 Å². The van der Waals surface area contributed by atoms with Gasteiger partial charge >= 0.3 is 0 Å². The Bertz CT molecular complexity index is 391. The van der Waals surface area contributed by atoms with Gasteiger partial charge in [-0.2, -0.15) is 0 Å². The van der Waals surface area contributed by atoms with Crippen molar-refractivity contribution in [2.45, 2.75) is 122 Å². The van der Waals surface area contributed by atoms with Gasteiger partial charge in [-0.25, -0.2) is 0 Å². The van der Waals surface area contributed by atoms with Crippen molar-refractivity contribution in [1.82, 2.24) is 0 Å². The quantitative estimate of drug-likeness (QED) is 0.143. The minimum atomic E-state index is -0.405. The van der Waals surface area contributed by atoms with Crippen molar-refractivity contribution in [2.75, 3.05) is 60.7 Å². The van der Waals surface area contributed by atoms with Gasteiger partial charge in [-0.1, -0.05) is 90.4 Å². The predicted molar refractivity (Wildman–Crippen MR) is 141 cm³/mol. The Hall–Kier alpha value is 0.0900. The van der Waals surface area contributed by atoms with Gasteiger partial charge in [-0.05, 0) is 19.8 Å². The Morgan fingerprint density at radius 2 is 1.09 bits per heavy atom. The molecule has 2 atom stereocenters. The summed E-state index contributed by atoms with van der Waals surface area (Å²) in [4.78, 5) is 0. The second-order valence-electron chi connectivity index (χ2n) is 10.8. The molecule has 0 aromatic rings. The lowest BCUT2D eigenvalue weighted by Crippen LogP contribution is -3.00. The van der Waals surface area contributed by atoms with Crippen molar-refractivity contribution < 1.29 is 36.2 Å². The van der Waals surface area contributed by atoms with Crippen LogP contribution >= 0.6 is 0 Å². The summed E-state index contributed by atoms with van der Waals surface area (Å²) in [5, 5.41) is 10.0. The lowest BCUT2D eigenvalue weighted by Gasteiger charge is -2.23. The first-order chi connectivity index (χ1) is 15.9. The van der Waals surface area contributed by atoms with E-state index in [-0.39, 0.29) is 18.5 Å². The van der Waals surface area contributed by atoms with Gasteiger partial charge < -0.3 is 36.2 Å². The Kier molecular flexibility index (Phi) is 27.9. The molecule has 0 amide bonds. The molecule has 0 fully saturated rings. The number of rotatable bonds is 26. The highest BCUT2D eigenvalue weighted by Crippen LogP contribution is 2.15. The zero-order chi connectivity index (χ0) is 24.6. The van der Waals surface area contributed by atoms with Gasteiger partial charge in [0.05, 0.1) is 53.2 Å². The van der Waals surface area contributed by atoms with Gasteiger partial charge in [0.15, 0.2) is 0 Å². The molecular formula is C28H60ClNO4. The van der Waals surface area contributed by atoms with Gasteiger partial charge in [-0.3, -0.25) is 0 Å². The minimum Gasteiger partial charge on any atom is -1.00 e. The standard InChI is InChI=1S/C28H60NO4.ClH/c1-6-7-8-9-10-11-12-13-14-15-16-17-18-20-28(27(2)30)33-23-19-22-31-25-26-32-24-21-29(3,4)5;/h27-28,30H,6-26H2,1-5H3;1H/q+1;/p-1. The third-order valence-electron chi connectivity index (χ3n) is 6.17. The molecule has 0 aromatic carbocycles. The fraction of sp³-hybridized carbons (Fsp3) is 1.00. The summed E-state index contributed by atoms with van der Waals surface area (Å²) < 4.78 is 18.1. The maximum atomic E-state index is 10.0. The average Bonchev–Trinajstić information content (AvgIpc) is 2.75. The van der Waals surface area contributed by atoms with Gasteiger partial charge in [0.1, 0.15) is 6.54 Å². The molecule has 0 bridgehead atoms. The smallest absolute Gasteiger partial charge is 0.102 e. The van der Waals surface area contributed by atoms with Gasteiger partial charge in [0.25, 0.3) is 0 Å². The van der Waals surface area contributed by atoms with E-state index in [1.807, 2.05) is 6.92 Å². The molecular weight excluding hydrogens is 450 g/mol. The highest BCUT2D eigenvalue weighted by molar-refractivity contribution is 4.65. The van der Waals surface area contributed by atoms with Crippen LogP contribution in [0.4, 0.5) is 0 Å². The number of ether oxygens (including phenoxy) is 3. The van der Waals surface area contributed by atoms with Gasteiger partial charge in [0, 0.05) is 13.2 Å². The maximum Gasteiger partial charge on any atom is 0.102 e. The zero-order valence-corrected chi connectivity index (χ0v) is 24.3. The molecule has 0 aliphatic heterocycles. The molecule has 34 heavy (non-hydrogen) atoms. The van der Waals surface area contributed by atoms with Gasteiger partial charge in [-0.15, -0.1) is 0 Å². The monoisotopic (exact) mass is 509 g/mol. The van der Waals surface area contributed by atoms with E-state index in [9.17, 15) is 5.11 Å². The van der Waals surface area contributed by atoms with Crippen LogP contribution in [0.3, 0.4) is 0 Å². The molecule has 0 saturated heterocycles. The van der Waals surface area contributed by atoms with Crippen LogP contribution in [-0.4, -0.2) is 82.5 Å². The summed E-state index contributed by atoms with van der Waals surface area (Å²) >= 11 is 0. The van der Waals surface area contributed by atoms with E-state index in [1.165, 1.54) is 77.0 Å². The topological polar surface area (TPSA) is 47.9 Å². The molecule has 0 aromatic heterocycles. The van der Waals surface area contributed by atoms with Crippen molar-refractivity contribution >= 4 is 0 Å². The molecule has 6 heteroatoms.